The smallest absolute Gasteiger partial charge is 0.257 e. The zero-order chi connectivity index (χ0) is 20.1. The first-order chi connectivity index (χ1) is 13.4. The number of aryl methyl sites for hydroxylation is 2. The van der Waals surface area contributed by atoms with E-state index in [0.29, 0.717) is 21.8 Å². The number of pyridine rings is 1. The minimum atomic E-state index is -0.325. The first-order valence-electron chi connectivity index (χ1n) is 8.78. The minimum absolute atomic E-state index is 0.289. The molecule has 0 radical (unpaired) electrons. The third kappa shape index (κ3) is 4.96. The van der Waals surface area contributed by atoms with Gasteiger partial charge in [0.15, 0.2) is 0 Å². The van der Waals surface area contributed by atoms with Gasteiger partial charge in [-0.2, -0.15) is 0 Å². The standard InChI is InChI=1S/C22H20ClN3O2/c1-14-7-15(2)9-19(8-14)26-22(28)18-10-17(11-24-12-18)21(27)25-13-16-5-3-4-6-20(16)23/h3-12H,13H2,1-2H3,(H,25,27)(H,26,28). The van der Waals surface area contributed by atoms with Crippen LogP contribution >= 0.6 is 11.6 Å². The van der Waals surface area contributed by atoms with Crippen molar-refractivity contribution < 1.29 is 9.59 Å². The fourth-order valence-corrected chi connectivity index (χ4v) is 3.06. The second-order valence-electron chi connectivity index (χ2n) is 6.57. The molecule has 2 N–H and O–H groups in total. The number of aromatic nitrogens is 1. The third-order valence-corrected chi connectivity index (χ3v) is 4.51. The van der Waals surface area contributed by atoms with E-state index in [1.807, 2.05) is 50.2 Å². The maximum absolute atomic E-state index is 12.5. The Morgan fingerprint density at radius 3 is 2.25 bits per heavy atom. The zero-order valence-corrected chi connectivity index (χ0v) is 16.4. The highest BCUT2D eigenvalue weighted by Gasteiger charge is 2.12. The Labute approximate surface area is 168 Å². The lowest BCUT2D eigenvalue weighted by molar-refractivity contribution is 0.0950. The second kappa shape index (κ2) is 8.67. The molecular formula is C22H20ClN3O2. The Morgan fingerprint density at radius 2 is 1.57 bits per heavy atom. The number of benzene rings is 2. The van der Waals surface area contributed by atoms with Crippen LogP contribution in [0.1, 0.15) is 37.4 Å². The molecule has 0 spiro atoms. The molecule has 28 heavy (non-hydrogen) atoms. The van der Waals surface area contributed by atoms with Gasteiger partial charge in [-0.1, -0.05) is 35.9 Å². The second-order valence-corrected chi connectivity index (χ2v) is 6.97. The van der Waals surface area contributed by atoms with Gasteiger partial charge in [-0.05, 0) is 54.8 Å². The number of carbonyl (C=O) groups is 2. The van der Waals surface area contributed by atoms with E-state index in [2.05, 4.69) is 15.6 Å². The number of anilines is 1. The summed E-state index contributed by atoms with van der Waals surface area (Å²) in [6.45, 7) is 4.22. The largest absolute Gasteiger partial charge is 0.348 e. The molecule has 0 saturated heterocycles. The van der Waals surface area contributed by atoms with Gasteiger partial charge in [0.25, 0.3) is 11.8 Å². The third-order valence-electron chi connectivity index (χ3n) is 4.14. The summed E-state index contributed by atoms with van der Waals surface area (Å²) in [7, 11) is 0. The predicted molar refractivity (Wildman–Crippen MR) is 111 cm³/mol. The van der Waals surface area contributed by atoms with Crippen LogP contribution in [-0.4, -0.2) is 16.8 Å². The lowest BCUT2D eigenvalue weighted by atomic mass is 10.1. The summed E-state index contributed by atoms with van der Waals surface area (Å²) in [5.74, 6) is -0.647. The van der Waals surface area contributed by atoms with E-state index in [0.717, 1.165) is 16.7 Å². The monoisotopic (exact) mass is 393 g/mol. The Bertz CT molecular complexity index is 1010. The number of hydrogen-bond donors (Lipinski definition) is 2. The van der Waals surface area contributed by atoms with Crippen LogP contribution in [-0.2, 0) is 6.54 Å². The molecule has 0 unspecified atom stereocenters. The van der Waals surface area contributed by atoms with Crippen molar-refractivity contribution in [1.29, 1.82) is 0 Å². The highest BCUT2D eigenvalue weighted by Crippen LogP contribution is 2.16. The van der Waals surface area contributed by atoms with Gasteiger partial charge in [0, 0.05) is 29.6 Å². The molecule has 0 saturated carbocycles. The van der Waals surface area contributed by atoms with Crippen LogP contribution in [0.5, 0.6) is 0 Å². The molecule has 0 aliphatic carbocycles. The average Bonchev–Trinajstić information content (AvgIpc) is 2.66. The molecule has 6 heteroatoms. The fraction of sp³-hybridized carbons (Fsp3) is 0.136. The number of nitrogens with one attached hydrogen (secondary N) is 2. The van der Waals surface area contributed by atoms with E-state index in [-0.39, 0.29) is 18.4 Å². The van der Waals surface area contributed by atoms with E-state index >= 15 is 0 Å². The lowest BCUT2D eigenvalue weighted by Crippen LogP contribution is -2.23. The number of carbonyl (C=O) groups excluding carboxylic acids is 2. The fourth-order valence-electron chi connectivity index (χ4n) is 2.86. The summed E-state index contributed by atoms with van der Waals surface area (Å²) in [6, 6.07) is 14.6. The van der Waals surface area contributed by atoms with E-state index in [1.54, 1.807) is 6.07 Å². The van der Waals surface area contributed by atoms with Gasteiger partial charge in [0.05, 0.1) is 11.1 Å². The lowest BCUT2D eigenvalue weighted by Gasteiger charge is -2.09. The Kier molecular flexibility index (Phi) is 6.06. The summed E-state index contributed by atoms with van der Waals surface area (Å²) < 4.78 is 0. The number of amides is 2. The highest BCUT2D eigenvalue weighted by atomic mass is 35.5. The van der Waals surface area contributed by atoms with Crippen molar-refractivity contribution in [3.8, 4) is 0 Å². The van der Waals surface area contributed by atoms with Crippen molar-refractivity contribution in [2.24, 2.45) is 0 Å². The van der Waals surface area contributed by atoms with Gasteiger partial charge >= 0.3 is 0 Å². The van der Waals surface area contributed by atoms with Crippen LogP contribution in [0, 0.1) is 13.8 Å². The SMILES string of the molecule is Cc1cc(C)cc(NC(=O)c2cncc(C(=O)NCc3ccccc3Cl)c2)c1. The quantitative estimate of drug-likeness (QED) is 0.668. The molecule has 3 rings (SSSR count). The van der Waals surface area contributed by atoms with Gasteiger partial charge in [0.1, 0.15) is 0 Å². The molecule has 2 amide bonds. The van der Waals surface area contributed by atoms with E-state index in [1.165, 1.54) is 18.5 Å². The van der Waals surface area contributed by atoms with Crippen molar-refractivity contribution in [1.82, 2.24) is 10.3 Å². The Morgan fingerprint density at radius 1 is 0.929 bits per heavy atom. The van der Waals surface area contributed by atoms with Gasteiger partial charge in [-0.25, -0.2) is 0 Å². The summed E-state index contributed by atoms with van der Waals surface area (Å²) in [5, 5.41) is 6.22. The van der Waals surface area contributed by atoms with Crippen molar-refractivity contribution in [3.63, 3.8) is 0 Å². The van der Waals surface area contributed by atoms with Crippen LogP contribution in [0.2, 0.25) is 5.02 Å². The van der Waals surface area contributed by atoms with Crippen molar-refractivity contribution in [2.45, 2.75) is 20.4 Å². The molecule has 2 aromatic carbocycles. The van der Waals surface area contributed by atoms with Crippen molar-refractivity contribution in [2.75, 3.05) is 5.32 Å². The number of hydrogen-bond acceptors (Lipinski definition) is 3. The molecule has 3 aromatic rings. The van der Waals surface area contributed by atoms with Gasteiger partial charge in [0.2, 0.25) is 0 Å². The number of nitrogens with zero attached hydrogens (tertiary/aromatic N) is 1. The summed E-state index contributed by atoms with van der Waals surface area (Å²) in [6.07, 6.45) is 2.86. The normalized spacial score (nSPS) is 10.4. The number of rotatable bonds is 5. The van der Waals surface area contributed by atoms with Crippen LogP contribution < -0.4 is 10.6 Å². The van der Waals surface area contributed by atoms with Crippen molar-refractivity contribution >= 4 is 29.1 Å². The minimum Gasteiger partial charge on any atom is -0.348 e. The highest BCUT2D eigenvalue weighted by molar-refractivity contribution is 6.31. The van der Waals surface area contributed by atoms with Gasteiger partial charge in [-0.3, -0.25) is 14.6 Å². The molecule has 1 heterocycles. The molecule has 0 bridgehead atoms. The van der Waals surface area contributed by atoms with Crippen LogP contribution in [0.3, 0.4) is 0 Å². The molecular weight excluding hydrogens is 374 g/mol. The first-order valence-corrected chi connectivity index (χ1v) is 9.16. The molecule has 1 aromatic heterocycles. The number of halogens is 1. The Hall–Kier alpha value is -3.18. The first kappa shape index (κ1) is 19.6. The van der Waals surface area contributed by atoms with Crippen LogP contribution in [0.4, 0.5) is 5.69 Å². The predicted octanol–water partition coefficient (Wildman–Crippen LogP) is 4.53. The summed E-state index contributed by atoms with van der Waals surface area (Å²) >= 11 is 6.10. The molecule has 0 fully saturated rings. The molecule has 0 aliphatic heterocycles. The molecule has 5 nitrogen and oxygen atoms in total. The maximum atomic E-state index is 12.5. The summed E-state index contributed by atoms with van der Waals surface area (Å²) in [4.78, 5) is 29.0. The molecule has 0 atom stereocenters. The van der Waals surface area contributed by atoms with Gasteiger partial charge < -0.3 is 10.6 Å². The van der Waals surface area contributed by atoms with E-state index in [4.69, 9.17) is 11.6 Å². The van der Waals surface area contributed by atoms with Gasteiger partial charge in [-0.15, -0.1) is 0 Å². The van der Waals surface area contributed by atoms with E-state index in [9.17, 15) is 9.59 Å². The average molecular weight is 394 g/mol. The van der Waals surface area contributed by atoms with E-state index < -0.39 is 0 Å². The topological polar surface area (TPSA) is 71.1 Å². The van der Waals surface area contributed by atoms with Crippen LogP contribution in [0.15, 0.2) is 60.9 Å². The summed E-state index contributed by atoms with van der Waals surface area (Å²) in [5.41, 5.74) is 4.25. The maximum Gasteiger partial charge on any atom is 0.257 e. The van der Waals surface area contributed by atoms with Crippen LogP contribution in [0.25, 0.3) is 0 Å². The molecule has 142 valence electrons. The van der Waals surface area contributed by atoms with Crippen molar-refractivity contribution in [3.05, 3.63) is 93.8 Å². The Balaban J connectivity index is 1.69. The zero-order valence-electron chi connectivity index (χ0n) is 15.6. The molecule has 0 aliphatic rings.